The molecule has 3 aromatic carbocycles. The first-order valence-electron chi connectivity index (χ1n) is 10.3. The lowest BCUT2D eigenvalue weighted by atomic mass is 10.1. The number of carbonyl (C=O) groups excluding carboxylic acids is 2. The van der Waals surface area contributed by atoms with Crippen LogP contribution in [0.2, 0.25) is 0 Å². The smallest absolute Gasteiger partial charge is 0.261 e. The average molecular weight is 417 g/mol. The van der Waals surface area contributed by atoms with Gasteiger partial charge in [-0.15, -0.1) is 0 Å². The van der Waals surface area contributed by atoms with E-state index >= 15 is 0 Å². The van der Waals surface area contributed by atoms with Crippen LogP contribution >= 0.6 is 11.8 Å². The van der Waals surface area contributed by atoms with Crippen molar-refractivity contribution in [2.75, 3.05) is 18.0 Å². The topological polar surface area (TPSA) is 40.6 Å². The van der Waals surface area contributed by atoms with Gasteiger partial charge >= 0.3 is 0 Å². The van der Waals surface area contributed by atoms with Gasteiger partial charge < -0.3 is 4.90 Å². The fourth-order valence-electron chi connectivity index (χ4n) is 3.85. The highest BCUT2D eigenvalue weighted by atomic mass is 32.2. The van der Waals surface area contributed by atoms with E-state index in [0.717, 1.165) is 6.54 Å². The summed E-state index contributed by atoms with van der Waals surface area (Å²) in [7, 11) is 0. The maximum Gasteiger partial charge on any atom is 0.261 e. The van der Waals surface area contributed by atoms with Crippen molar-refractivity contribution >= 4 is 35.0 Å². The minimum atomic E-state index is -0.185. The molecule has 0 saturated heterocycles. The average Bonchev–Trinajstić information content (AvgIpc) is 3.05. The summed E-state index contributed by atoms with van der Waals surface area (Å²) in [4.78, 5) is 31.3. The Morgan fingerprint density at radius 2 is 1.07 bits per heavy atom. The van der Waals surface area contributed by atoms with Crippen molar-refractivity contribution in [2.45, 2.75) is 30.1 Å². The van der Waals surface area contributed by atoms with Crippen LogP contribution in [-0.4, -0.2) is 29.8 Å². The van der Waals surface area contributed by atoms with E-state index < -0.39 is 0 Å². The molecule has 0 aliphatic carbocycles. The normalized spacial score (nSPS) is 13.9. The molecule has 2 aliphatic heterocycles. The maximum atomic E-state index is 12.6. The summed E-state index contributed by atoms with van der Waals surface area (Å²) in [5, 5.41) is 0. The van der Waals surface area contributed by atoms with E-state index in [9.17, 15) is 9.59 Å². The Morgan fingerprint density at radius 3 is 1.60 bits per heavy atom. The monoisotopic (exact) mass is 416 g/mol. The van der Waals surface area contributed by atoms with Crippen molar-refractivity contribution in [2.24, 2.45) is 0 Å². The van der Waals surface area contributed by atoms with Crippen molar-refractivity contribution in [3.8, 4) is 0 Å². The molecule has 0 saturated carbocycles. The minimum absolute atomic E-state index is 0.185. The highest BCUT2D eigenvalue weighted by Gasteiger charge is 2.34. The van der Waals surface area contributed by atoms with Crippen molar-refractivity contribution in [1.82, 2.24) is 4.90 Å². The Balaban J connectivity index is 0.00000106. The highest BCUT2D eigenvalue weighted by Crippen LogP contribution is 2.47. The summed E-state index contributed by atoms with van der Waals surface area (Å²) >= 11 is 1.78. The van der Waals surface area contributed by atoms with Crippen LogP contribution in [0, 0.1) is 0 Å². The second kappa shape index (κ2) is 8.76. The van der Waals surface area contributed by atoms with Gasteiger partial charge in [-0.05, 0) is 42.8 Å². The van der Waals surface area contributed by atoms with Crippen LogP contribution in [0.1, 0.15) is 41.0 Å². The number of anilines is 2. The molecule has 0 atom stereocenters. The number of hydrogen-bond donors (Lipinski definition) is 0. The van der Waals surface area contributed by atoms with Gasteiger partial charge in [-0.2, -0.15) is 0 Å². The molecule has 3 aromatic rings. The third-order valence-corrected chi connectivity index (χ3v) is 6.30. The molecule has 0 bridgehead atoms. The van der Waals surface area contributed by atoms with E-state index in [2.05, 4.69) is 41.3 Å². The largest absolute Gasteiger partial charge is 0.340 e. The Morgan fingerprint density at radius 1 is 0.633 bits per heavy atom. The number of amides is 2. The molecule has 5 rings (SSSR count). The lowest BCUT2D eigenvalue weighted by Gasteiger charge is -2.33. The summed E-state index contributed by atoms with van der Waals surface area (Å²) in [5.74, 6) is -0.369. The zero-order chi connectivity index (χ0) is 21.1. The molecule has 0 unspecified atom stereocenters. The molecule has 152 valence electrons. The van der Waals surface area contributed by atoms with Gasteiger partial charge in [0.2, 0.25) is 0 Å². The van der Waals surface area contributed by atoms with Gasteiger partial charge in [0.1, 0.15) is 0 Å². The predicted octanol–water partition coefficient (Wildman–Crippen LogP) is 6.00. The van der Waals surface area contributed by atoms with Crippen molar-refractivity contribution in [1.29, 1.82) is 0 Å². The summed E-state index contributed by atoms with van der Waals surface area (Å²) in [5.41, 5.74) is 3.37. The summed E-state index contributed by atoms with van der Waals surface area (Å²) in [6, 6.07) is 23.8. The molecule has 0 radical (unpaired) electrons. The first-order valence-corrected chi connectivity index (χ1v) is 11.1. The van der Waals surface area contributed by atoms with Crippen LogP contribution in [0.3, 0.4) is 0 Å². The lowest BCUT2D eigenvalue weighted by molar-refractivity contribution is 0.0653. The Labute approximate surface area is 181 Å². The molecule has 2 heterocycles. The molecular formula is C25H24N2O2S. The number of fused-ring (bicyclic) bond motifs is 3. The van der Waals surface area contributed by atoms with E-state index in [-0.39, 0.29) is 11.8 Å². The van der Waals surface area contributed by atoms with Gasteiger partial charge in [0.15, 0.2) is 0 Å². The van der Waals surface area contributed by atoms with Crippen LogP contribution in [-0.2, 0) is 0 Å². The SMILES string of the molecule is CC.O=C1c2ccccc2C(=O)N1CCCN1c2ccccc2Sc2ccccc21. The molecule has 5 heteroatoms. The molecule has 2 aliphatic rings. The predicted molar refractivity (Wildman–Crippen MR) is 122 cm³/mol. The van der Waals surface area contributed by atoms with Crippen molar-refractivity contribution in [3.05, 3.63) is 83.9 Å². The van der Waals surface area contributed by atoms with Gasteiger partial charge in [0.05, 0.1) is 22.5 Å². The molecule has 4 nitrogen and oxygen atoms in total. The number of para-hydroxylation sites is 2. The van der Waals surface area contributed by atoms with Crippen molar-refractivity contribution < 1.29 is 9.59 Å². The maximum absolute atomic E-state index is 12.6. The van der Waals surface area contributed by atoms with Crippen LogP contribution in [0.25, 0.3) is 0 Å². The summed E-state index contributed by atoms with van der Waals surface area (Å²) in [6.45, 7) is 5.16. The van der Waals surface area contributed by atoms with E-state index in [1.54, 1.807) is 36.0 Å². The van der Waals surface area contributed by atoms with Gasteiger partial charge in [-0.25, -0.2) is 0 Å². The van der Waals surface area contributed by atoms with Gasteiger partial charge in [-0.1, -0.05) is 62.0 Å². The van der Waals surface area contributed by atoms with E-state index in [0.29, 0.717) is 24.1 Å². The van der Waals surface area contributed by atoms with Gasteiger partial charge in [-0.3, -0.25) is 14.5 Å². The second-order valence-corrected chi connectivity index (χ2v) is 7.93. The quantitative estimate of drug-likeness (QED) is 0.489. The second-order valence-electron chi connectivity index (χ2n) is 6.85. The number of benzene rings is 3. The van der Waals surface area contributed by atoms with E-state index in [1.165, 1.54) is 26.1 Å². The standard InChI is InChI=1S/C23H18N2O2S.C2H6/c26-22-16-8-1-2-9-17(16)23(27)25(22)15-7-14-24-18-10-3-5-12-20(18)28-21-13-6-4-11-19(21)24;1-2/h1-6,8-13H,7,14-15H2;1-2H3. The van der Waals surface area contributed by atoms with Gasteiger partial charge in [0.25, 0.3) is 11.8 Å². The first kappa shape index (κ1) is 20.2. The van der Waals surface area contributed by atoms with Crippen LogP contribution in [0.15, 0.2) is 82.6 Å². The first-order chi connectivity index (χ1) is 14.7. The van der Waals surface area contributed by atoms with Crippen LogP contribution in [0.5, 0.6) is 0 Å². The van der Waals surface area contributed by atoms with E-state index in [1.807, 2.05) is 26.0 Å². The Bertz CT molecular complexity index is 1020. The highest BCUT2D eigenvalue weighted by molar-refractivity contribution is 7.99. The molecular weight excluding hydrogens is 392 g/mol. The Kier molecular flexibility index (Phi) is 5.91. The zero-order valence-electron chi connectivity index (χ0n) is 17.2. The summed E-state index contributed by atoms with van der Waals surface area (Å²) < 4.78 is 0. The number of hydrogen-bond acceptors (Lipinski definition) is 4. The van der Waals surface area contributed by atoms with Gasteiger partial charge in [0, 0.05) is 22.9 Å². The number of imide groups is 1. The number of carbonyl (C=O) groups is 2. The van der Waals surface area contributed by atoms with Crippen LogP contribution in [0.4, 0.5) is 11.4 Å². The molecule has 0 aromatic heterocycles. The lowest BCUT2D eigenvalue weighted by Crippen LogP contribution is -2.33. The molecule has 0 fully saturated rings. The van der Waals surface area contributed by atoms with Crippen molar-refractivity contribution in [3.63, 3.8) is 0 Å². The number of rotatable bonds is 4. The minimum Gasteiger partial charge on any atom is -0.340 e. The van der Waals surface area contributed by atoms with Crippen LogP contribution < -0.4 is 4.90 Å². The third kappa shape index (κ3) is 3.50. The van der Waals surface area contributed by atoms with E-state index in [4.69, 9.17) is 0 Å². The zero-order valence-corrected chi connectivity index (χ0v) is 18.0. The fraction of sp³-hybridized carbons (Fsp3) is 0.200. The fourth-order valence-corrected chi connectivity index (χ4v) is 4.95. The number of nitrogens with zero attached hydrogens (tertiary/aromatic N) is 2. The third-order valence-electron chi connectivity index (χ3n) is 5.17. The molecule has 0 N–H and O–H groups in total. The molecule has 0 spiro atoms. The summed E-state index contributed by atoms with van der Waals surface area (Å²) in [6.07, 6.45) is 0.707. The molecule has 30 heavy (non-hydrogen) atoms. The molecule has 2 amide bonds. The Hall–Kier alpha value is -3.05.